The van der Waals surface area contributed by atoms with Gasteiger partial charge in [0, 0.05) is 13.2 Å². The van der Waals surface area contributed by atoms with Crippen LogP contribution in [0.15, 0.2) is 28.8 Å². The maximum absolute atomic E-state index is 5.85. The van der Waals surface area contributed by atoms with Crippen molar-refractivity contribution < 1.29 is 14.0 Å². The highest BCUT2D eigenvalue weighted by Crippen LogP contribution is 2.23. The number of nitrogens with zero attached hydrogens (tertiary/aromatic N) is 2. The van der Waals surface area contributed by atoms with Gasteiger partial charge in [0.2, 0.25) is 0 Å². The Kier molecular flexibility index (Phi) is 4.47. The van der Waals surface area contributed by atoms with E-state index in [-0.39, 0.29) is 6.04 Å². The lowest BCUT2D eigenvalue weighted by atomic mass is 10.1. The maximum atomic E-state index is 5.85. The molecule has 1 aromatic heterocycles. The molecule has 1 atom stereocenters. The number of benzene rings is 1. The Bertz CT molecular complexity index is 558. The fourth-order valence-corrected chi connectivity index (χ4v) is 2.40. The van der Waals surface area contributed by atoms with E-state index in [1.807, 2.05) is 18.2 Å². The first-order chi connectivity index (χ1) is 10.3. The molecule has 3 rings (SSSR count). The number of hydrogen-bond acceptors (Lipinski definition) is 6. The molecule has 6 heteroatoms. The van der Waals surface area contributed by atoms with Crippen LogP contribution in [0.2, 0.25) is 0 Å². The zero-order chi connectivity index (χ0) is 14.5. The predicted octanol–water partition coefficient (Wildman–Crippen LogP) is 1.70. The normalized spacial score (nSPS) is 17.9. The molecule has 0 saturated carbocycles. The van der Waals surface area contributed by atoms with Crippen LogP contribution in [-0.2, 0) is 24.3 Å². The molecule has 1 N–H and O–H groups in total. The average molecular weight is 289 g/mol. The van der Waals surface area contributed by atoms with Crippen LogP contribution in [0.25, 0.3) is 0 Å². The molecule has 0 saturated heterocycles. The molecular formula is C15H19N3O3. The van der Waals surface area contributed by atoms with Crippen LogP contribution in [0.3, 0.4) is 0 Å². The molecule has 2 aromatic rings. The summed E-state index contributed by atoms with van der Waals surface area (Å²) >= 11 is 0. The minimum absolute atomic E-state index is 0.279. The summed E-state index contributed by atoms with van der Waals surface area (Å²) < 4.78 is 15.9. The molecule has 0 aliphatic carbocycles. The maximum Gasteiger partial charge on any atom is 0.252 e. The van der Waals surface area contributed by atoms with E-state index >= 15 is 0 Å². The van der Waals surface area contributed by atoms with Gasteiger partial charge in [0.25, 0.3) is 5.89 Å². The monoisotopic (exact) mass is 289 g/mol. The van der Waals surface area contributed by atoms with E-state index < -0.39 is 0 Å². The molecule has 0 radical (unpaired) electrons. The summed E-state index contributed by atoms with van der Waals surface area (Å²) in [6.07, 6.45) is 2.04. The smallest absolute Gasteiger partial charge is 0.252 e. The van der Waals surface area contributed by atoms with Crippen molar-refractivity contribution in [2.75, 3.05) is 13.7 Å². The molecule has 6 nitrogen and oxygen atoms in total. The number of methoxy groups -OCH3 is 1. The Balaban J connectivity index is 1.52. The molecular weight excluding hydrogens is 270 g/mol. The molecule has 0 bridgehead atoms. The van der Waals surface area contributed by atoms with E-state index in [1.165, 1.54) is 5.56 Å². The van der Waals surface area contributed by atoms with E-state index in [4.69, 9.17) is 14.0 Å². The summed E-state index contributed by atoms with van der Waals surface area (Å²) in [6.45, 7) is 1.56. The Hall–Kier alpha value is -1.92. The lowest BCUT2D eigenvalue weighted by Crippen LogP contribution is -2.34. The van der Waals surface area contributed by atoms with Crippen LogP contribution >= 0.6 is 0 Å². The van der Waals surface area contributed by atoms with Gasteiger partial charge in [0.15, 0.2) is 5.82 Å². The van der Waals surface area contributed by atoms with Crippen LogP contribution in [0.1, 0.15) is 23.7 Å². The molecule has 1 aliphatic rings. The van der Waals surface area contributed by atoms with Crippen molar-refractivity contribution >= 4 is 0 Å². The lowest BCUT2D eigenvalue weighted by Gasteiger charge is -2.14. The second-order valence-corrected chi connectivity index (χ2v) is 5.07. The number of aromatic nitrogens is 2. The molecule has 112 valence electrons. The van der Waals surface area contributed by atoms with Gasteiger partial charge in [-0.1, -0.05) is 23.4 Å². The van der Waals surface area contributed by atoms with E-state index in [1.54, 1.807) is 7.11 Å². The third-order valence-electron chi connectivity index (χ3n) is 3.50. The predicted molar refractivity (Wildman–Crippen MR) is 75.9 cm³/mol. The summed E-state index contributed by atoms with van der Waals surface area (Å²) in [5.41, 5.74) is 1.27. The van der Waals surface area contributed by atoms with Crippen LogP contribution in [-0.4, -0.2) is 29.9 Å². The van der Waals surface area contributed by atoms with Gasteiger partial charge in [-0.2, -0.15) is 4.98 Å². The van der Waals surface area contributed by atoms with Crippen LogP contribution in [0, 0.1) is 0 Å². The molecule has 1 aliphatic heterocycles. The van der Waals surface area contributed by atoms with Gasteiger partial charge in [0.1, 0.15) is 19.0 Å². The van der Waals surface area contributed by atoms with E-state index in [0.29, 0.717) is 31.5 Å². The Morgan fingerprint density at radius 1 is 1.38 bits per heavy atom. The van der Waals surface area contributed by atoms with Gasteiger partial charge in [0.05, 0.1) is 6.54 Å². The first-order valence-corrected chi connectivity index (χ1v) is 7.09. The summed E-state index contributed by atoms with van der Waals surface area (Å²) in [5.74, 6) is 2.13. The Morgan fingerprint density at radius 3 is 3.19 bits per heavy atom. The molecule has 1 aromatic carbocycles. The molecule has 0 amide bonds. The highest BCUT2D eigenvalue weighted by molar-refractivity contribution is 5.34. The van der Waals surface area contributed by atoms with Gasteiger partial charge >= 0.3 is 0 Å². The largest absolute Gasteiger partial charge is 0.492 e. The quantitative estimate of drug-likeness (QED) is 0.903. The highest BCUT2D eigenvalue weighted by atomic mass is 16.5. The van der Waals surface area contributed by atoms with Crippen molar-refractivity contribution in [2.45, 2.75) is 32.0 Å². The molecule has 2 heterocycles. The number of rotatable bonds is 5. The van der Waals surface area contributed by atoms with Crippen molar-refractivity contribution in [3.8, 4) is 5.75 Å². The number of para-hydroxylation sites is 1. The van der Waals surface area contributed by atoms with E-state index in [9.17, 15) is 0 Å². The number of fused-ring (bicyclic) bond motifs is 1. The van der Waals surface area contributed by atoms with Gasteiger partial charge in [-0.05, 0) is 24.5 Å². The van der Waals surface area contributed by atoms with Gasteiger partial charge in [-0.25, -0.2) is 0 Å². The van der Waals surface area contributed by atoms with Crippen LogP contribution in [0.4, 0.5) is 0 Å². The Labute approximate surface area is 123 Å². The third-order valence-corrected chi connectivity index (χ3v) is 3.50. The summed E-state index contributed by atoms with van der Waals surface area (Å²) in [5, 5.41) is 7.33. The van der Waals surface area contributed by atoms with Gasteiger partial charge in [-0.3, -0.25) is 0 Å². The number of hydrogen-bond donors (Lipinski definition) is 1. The van der Waals surface area contributed by atoms with Crippen LogP contribution < -0.4 is 10.1 Å². The Morgan fingerprint density at radius 2 is 2.29 bits per heavy atom. The average Bonchev–Trinajstić information content (AvgIpc) is 2.85. The topological polar surface area (TPSA) is 69.4 Å². The van der Waals surface area contributed by atoms with Gasteiger partial charge in [-0.15, -0.1) is 0 Å². The second kappa shape index (κ2) is 6.69. The molecule has 0 spiro atoms. The summed E-state index contributed by atoms with van der Waals surface area (Å²) in [6, 6.07) is 8.47. The fourth-order valence-electron chi connectivity index (χ4n) is 2.40. The number of ether oxygens (including phenoxy) is 2. The third kappa shape index (κ3) is 3.59. The molecule has 0 fully saturated rings. The van der Waals surface area contributed by atoms with E-state index in [2.05, 4.69) is 21.5 Å². The van der Waals surface area contributed by atoms with E-state index in [0.717, 1.165) is 18.6 Å². The summed E-state index contributed by atoms with van der Waals surface area (Å²) in [4.78, 5) is 4.24. The molecule has 1 unspecified atom stereocenters. The summed E-state index contributed by atoms with van der Waals surface area (Å²) in [7, 11) is 1.60. The standard InChI is InChI=1S/C15H19N3O3/c1-19-10-15-17-14(18-21-15)8-16-12-7-6-11-4-2-3-5-13(11)20-9-12/h2-5,12,16H,6-10H2,1H3. The van der Waals surface area contributed by atoms with Crippen molar-refractivity contribution in [1.29, 1.82) is 0 Å². The number of aryl methyl sites for hydroxylation is 1. The van der Waals surface area contributed by atoms with Crippen molar-refractivity contribution in [3.05, 3.63) is 41.5 Å². The first kappa shape index (κ1) is 14.0. The first-order valence-electron chi connectivity index (χ1n) is 7.09. The minimum atomic E-state index is 0.279. The number of nitrogens with one attached hydrogen (secondary N) is 1. The van der Waals surface area contributed by atoms with Crippen molar-refractivity contribution in [1.82, 2.24) is 15.5 Å². The van der Waals surface area contributed by atoms with Crippen LogP contribution in [0.5, 0.6) is 5.75 Å². The fraction of sp³-hybridized carbons (Fsp3) is 0.467. The zero-order valence-corrected chi connectivity index (χ0v) is 12.0. The van der Waals surface area contributed by atoms with Crippen molar-refractivity contribution in [2.24, 2.45) is 0 Å². The highest BCUT2D eigenvalue weighted by Gasteiger charge is 2.17. The second-order valence-electron chi connectivity index (χ2n) is 5.07. The minimum Gasteiger partial charge on any atom is -0.492 e. The molecule has 21 heavy (non-hydrogen) atoms. The van der Waals surface area contributed by atoms with Gasteiger partial charge < -0.3 is 19.3 Å². The zero-order valence-electron chi connectivity index (χ0n) is 12.0. The van der Waals surface area contributed by atoms with Crippen molar-refractivity contribution in [3.63, 3.8) is 0 Å². The lowest BCUT2D eigenvalue weighted by molar-refractivity contribution is 0.151. The SMILES string of the molecule is COCc1nc(CNC2CCc3ccccc3OC2)no1.